The largest absolute Gasteiger partial charge is 0.472 e. The van der Waals surface area contributed by atoms with Crippen LogP contribution in [0, 0.1) is 0 Å². The summed E-state index contributed by atoms with van der Waals surface area (Å²) in [5.74, 6) is -0.135. The van der Waals surface area contributed by atoms with Crippen molar-refractivity contribution in [2.24, 2.45) is 0 Å². The van der Waals surface area contributed by atoms with Crippen molar-refractivity contribution in [3.05, 3.63) is 12.2 Å². The number of nitrogens with zero attached hydrogens (tertiary/aromatic N) is 1. The first kappa shape index (κ1) is 74.2. The average Bonchev–Trinajstić information content (AvgIpc) is 3.37. The van der Waals surface area contributed by atoms with Crippen molar-refractivity contribution in [3.63, 3.8) is 0 Å². The van der Waals surface area contributed by atoms with Gasteiger partial charge in [-0.3, -0.25) is 13.8 Å². The molecule has 0 aromatic heterocycles. The fourth-order valence-corrected chi connectivity index (χ4v) is 11.3. The molecular formula is C66H134N2O6P+. The minimum atomic E-state index is -4.32. The summed E-state index contributed by atoms with van der Waals surface area (Å²) in [4.78, 5) is 23.4. The molecule has 9 heteroatoms. The van der Waals surface area contributed by atoms with Crippen LogP contribution in [0.1, 0.15) is 354 Å². The number of quaternary nitrogens is 1. The van der Waals surface area contributed by atoms with Gasteiger partial charge in [-0.15, -0.1) is 0 Å². The number of carbonyl (C=O) groups excluding carboxylic acids is 1. The molecule has 0 rings (SSSR count). The van der Waals surface area contributed by atoms with Crippen LogP contribution in [0.5, 0.6) is 0 Å². The van der Waals surface area contributed by atoms with Crippen molar-refractivity contribution in [3.8, 4) is 0 Å². The molecule has 1 amide bonds. The van der Waals surface area contributed by atoms with E-state index >= 15 is 0 Å². The summed E-state index contributed by atoms with van der Waals surface area (Å²) in [6.45, 7) is 4.95. The van der Waals surface area contributed by atoms with Crippen LogP contribution in [-0.4, -0.2) is 73.4 Å². The first-order chi connectivity index (χ1) is 36.5. The summed E-state index contributed by atoms with van der Waals surface area (Å²) in [7, 11) is 1.64. The average molecular weight is 1080 g/mol. The van der Waals surface area contributed by atoms with E-state index in [1.807, 2.05) is 21.1 Å². The van der Waals surface area contributed by atoms with Crippen LogP contribution in [0.25, 0.3) is 0 Å². The molecule has 0 heterocycles. The van der Waals surface area contributed by atoms with Gasteiger partial charge < -0.3 is 19.8 Å². The topological polar surface area (TPSA) is 105 Å². The van der Waals surface area contributed by atoms with Crippen molar-refractivity contribution in [2.75, 3.05) is 40.9 Å². The Morgan fingerprint density at radius 1 is 0.440 bits per heavy atom. The Hall–Kier alpha value is -0.760. The monoisotopic (exact) mass is 1080 g/mol. The van der Waals surface area contributed by atoms with E-state index in [2.05, 4.69) is 31.3 Å². The molecule has 0 aliphatic rings. The smallest absolute Gasteiger partial charge is 0.391 e. The fraction of sp³-hybridized carbons (Fsp3) is 0.955. The summed E-state index contributed by atoms with van der Waals surface area (Å²) in [5.41, 5.74) is 0. The Morgan fingerprint density at radius 2 is 0.720 bits per heavy atom. The van der Waals surface area contributed by atoms with Gasteiger partial charge in [-0.2, -0.15) is 0 Å². The van der Waals surface area contributed by atoms with Gasteiger partial charge in [0.1, 0.15) is 13.2 Å². The van der Waals surface area contributed by atoms with Gasteiger partial charge in [0.2, 0.25) is 5.91 Å². The highest BCUT2D eigenvalue weighted by atomic mass is 31.2. The van der Waals surface area contributed by atoms with E-state index in [1.54, 1.807) is 0 Å². The number of hydrogen-bond donors (Lipinski definition) is 3. The molecular weight excluding hydrogens is 948 g/mol. The molecule has 0 aliphatic carbocycles. The molecule has 3 unspecified atom stereocenters. The molecule has 3 atom stereocenters. The van der Waals surface area contributed by atoms with Gasteiger partial charge in [0.25, 0.3) is 0 Å². The first-order valence-corrected chi connectivity index (χ1v) is 35.0. The van der Waals surface area contributed by atoms with Gasteiger partial charge in [-0.1, -0.05) is 321 Å². The Morgan fingerprint density at radius 3 is 1.03 bits per heavy atom. The Bertz CT molecular complexity index is 1230. The summed E-state index contributed by atoms with van der Waals surface area (Å²) in [5, 5.41) is 14.1. The van der Waals surface area contributed by atoms with E-state index in [0.29, 0.717) is 23.9 Å². The Balaban J connectivity index is 4.00. The predicted molar refractivity (Wildman–Crippen MR) is 328 cm³/mol. The quantitative estimate of drug-likeness (QED) is 0.0243. The number of aliphatic hydroxyl groups is 1. The maximum Gasteiger partial charge on any atom is 0.472 e. The van der Waals surface area contributed by atoms with E-state index in [-0.39, 0.29) is 19.1 Å². The SMILES string of the molecule is CCCCCCCCCC/C=C\CCCCCCCCCCCCCCCCCCCCCC(=O)NC(COP(=O)(O)OCC[N+](C)(C)C)C(O)CCCCCCCCCCCCCCCCCCCCCCCC. The van der Waals surface area contributed by atoms with Crippen molar-refractivity contribution in [2.45, 2.75) is 366 Å². The molecule has 0 radical (unpaired) electrons. The zero-order valence-corrected chi connectivity index (χ0v) is 52.2. The van der Waals surface area contributed by atoms with Crippen LogP contribution < -0.4 is 5.32 Å². The number of phosphoric acid groups is 1. The lowest BCUT2D eigenvalue weighted by atomic mass is 10.0. The minimum Gasteiger partial charge on any atom is -0.391 e. The number of hydrogen-bond acceptors (Lipinski definition) is 5. The normalized spacial score (nSPS) is 13.7. The summed E-state index contributed by atoms with van der Waals surface area (Å²) >= 11 is 0. The summed E-state index contributed by atoms with van der Waals surface area (Å²) in [6, 6.07) is -0.758. The zero-order valence-electron chi connectivity index (χ0n) is 51.3. The predicted octanol–water partition coefficient (Wildman–Crippen LogP) is 20.9. The third-order valence-electron chi connectivity index (χ3n) is 15.8. The third-order valence-corrected chi connectivity index (χ3v) is 16.7. The van der Waals surface area contributed by atoms with Crippen LogP contribution in [0.15, 0.2) is 12.2 Å². The van der Waals surface area contributed by atoms with Gasteiger partial charge in [-0.05, 0) is 38.5 Å². The van der Waals surface area contributed by atoms with Crippen molar-refractivity contribution >= 4 is 13.7 Å². The Labute approximate surface area is 469 Å². The molecule has 0 saturated heterocycles. The lowest BCUT2D eigenvalue weighted by molar-refractivity contribution is -0.870. The number of aliphatic hydroxyl groups excluding tert-OH is 1. The molecule has 0 spiro atoms. The molecule has 0 aromatic rings. The number of phosphoric ester groups is 1. The minimum absolute atomic E-state index is 0.0783. The maximum absolute atomic E-state index is 13.1. The number of rotatable bonds is 63. The van der Waals surface area contributed by atoms with Gasteiger partial charge in [0, 0.05) is 6.42 Å². The van der Waals surface area contributed by atoms with E-state index < -0.39 is 20.0 Å². The van der Waals surface area contributed by atoms with E-state index in [0.717, 1.165) is 38.5 Å². The second-order valence-corrected chi connectivity index (χ2v) is 26.0. The highest BCUT2D eigenvalue weighted by molar-refractivity contribution is 7.47. The zero-order chi connectivity index (χ0) is 54.9. The second kappa shape index (κ2) is 57.9. The summed E-state index contributed by atoms with van der Waals surface area (Å²) in [6.07, 6.45) is 73.0. The number of nitrogens with one attached hydrogen (secondary N) is 1. The number of allylic oxidation sites excluding steroid dienone is 2. The van der Waals surface area contributed by atoms with Crippen LogP contribution in [0.4, 0.5) is 0 Å². The van der Waals surface area contributed by atoms with Crippen LogP contribution in [-0.2, 0) is 18.4 Å². The third kappa shape index (κ3) is 60.7. The molecule has 3 N–H and O–H groups in total. The number of likely N-dealkylation sites (N-methyl/N-ethyl adjacent to an activating group) is 1. The highest BCUT2D eigenvalue weighted by Gasteiger charge is 2.28. The molecule has 0 saturated carbocycles. The van der Waals surface area contributed by atoms with E-state index in [9.17, 15) is 19.4 Å². The van der Waals surface area contributed by atoms with Crippen LogP contribution >= 0.6 is 7.82 Å². The first-order valence-electron chi connectivity index (χ1n) is 33.6. The van der Waals surface area contributed by atoms with Gasteiger partial charge in [-0.25, -0.2) is 4.57 Å². The second-order valence-electron chi connectivity index (χ2n) is 24.6. The fourth-order valence-electron chi connectivity index (χ4n) is 10.5. The Kier molecular flexibility index (Phi) is 57.3. The molecule has 75 heavy (non-hydrogen) atoms. The number of amides is 1. The number of unbranched alkanes of at least 4 members (excludes halogenated alkanes) is 48. The van der Waals surface area contributed by atoms with Crippen molar-refractivity contribution in [1.29, 1.82) is 0 Å². The number of carbonyl (C=O) groups is 1. The lowest BCUT2D eigenvalue weighted by Crippen LogP contribution is -2.46. The van der Waals surface area contributed by atoms with Crippen LogP contribution in [0.3, 0.4) is 0 Å². The van der Waals surface area contributed by atoms with Crippen molar-refractivity contribution in [1.82, 2.24) is 5.32 Å². The van der Waals surface area contributed by atoms with Gasteiger partial charge >= 0.3 is 7.82 Å². The molecule has 448 valence electrons. The van der Waals surface area contributed by atoms with Crippen molar-refractivity contribution < 1.29 is 32.9 Å². The molecule has 8 nitrogen and oxygen atoms in total. The maximum atomic E-state index is 13.1. The van der Waals surface area contributed by atoms with Gasteiger partial charge in [0.15, 0.2) is 0 Å². The molecule has 0 bridgehead atoms. The molecule has 0 fully saturated rings. The van der Waals surface area contributed by atoms with Crippen LogP contribution in [0.2, 0.25) is 0 Å². The molecule has 0 aromatic carbocycles. The highest BCUT2D eigenvalue weighted by Crippen LogP contribution is 2.43. The van der Waals surface area contributed by atoms with E-state index in [4.69, 9.17) is 9.05 Å². The van der Waals surface area contributed by atoms with E-state index in [1.165, 1.54) is 289 Å². The lowest BCUT2D eigenvalue weighted by Gasteiger charge is -2.26. The van der Waals surface area contributed by atoms with Gasteiger partial charge in [0.05, 0.1) is 39.9 Å². The standard InChI is InChI=1S/C66H133N2O6P/c1-6-8-10-12-14-16-18-20-22-24-26-28-30-31-32-33-34-35-36-37-38-40-42-44-46-48-50-52-54-56-58-60-66(70)67-64(63-74-75(71,72)73-62-61-68(3,4)5)65(69)59-57-55-53-51-49-47-45-43-41-39-29-27-25-23-21-19-17-15-13-11-9-7-2/h24,26,64-65,69H,6-23,25,27-63H2,1-5H3,(H-,67,70,71,72)/p+1/b26-24-. The molecule has 0 aliphatic heterocycles. The summed E-state index contributed by atoms with van der Waals surface area (Å²) < 4.78 is 23.9.